The Bertz CT molecular complexity index is 370. The zero-order valence-corrected chi connectivity index (χ0v) is 10.7. The molecular formula is C9H17N3O3S. The van der Waals surface area contributed by atoms with Crippen LogP contribution in [0.25, 0.3) is 0 Å². The van der Waals surface area contributed by atoms with Crippen molar-refractivity contribution in [3.05, 3.63) is 10.5 Å². The number of aromatic nitrogens is 3. The van der Waals surface area contributed by atoms with E-state index in [1.54, 1.807) is 18.8 Å². The first kappa shape index (κ1) is 13.3. The number of nitrogens with one attached hydrogen (secondary N) is 1. The van der Waals surface area contributed by atoms with Crippen LogP contribution in [0, 0.1) is 0 Å². The van der Waals surface area contributed by atoms with Crippen LogP contribution in [0.15, 0.2) is 9.95 Å². The molecule has 0 atom stereocenters. The number of hydrogen-bond donors (Lipinski definition) is 1. The standard InChI is InChI=1S/C9H17N3O3S/c1-6(2)12-8(13)10-11-9(12)16-5-7(14-3)15-4/h6-7H,5H2,1-4H3,(H,10,13). The Hall–Kier alpha value is -0.790. The number of thioether (sulfide) groups is 1. The van der Waals surface area contributed by atoms with Gasteiger partial charge in [0, 0.05) is 20.3 Å². The van der Waals surface area contributed by atoms with Crippen LogP contribution >= 0.6 is 11.8 Å². The highest BCUT2D eigenvalue weighted by Crippen LogP contribution is 2.18. The van der Waals surface area contributed by atoms with E-state index in [0.717, 1.165) is 0 Å². The van der Waals surface area contributed by atoms with E-state index in [1.807, 2.05) is 13.8 Å². The molecule has 1 N–H and O–H groups in total. The van der Waals surface area contributed by atoms with Crippen molar-refractivity contribution in [1.82, 2.24) is 14.8 Å². The number of hydrogen-bond acceptors (Lipinski definition) is 5. The summed E-state index contributed by atoms with van der Waals surface area (Å²) in [7, 11) is 3.16. The second kappa shape index (κ2) is 6.07. The van der Waals surface area contributed by atoms with Crippen LogP contribution in [-0.4, -0.2) is 41.0 Å². The first-order valence-corrected chi connectivity index (χ1v) is 5.94. The van der Waals surface area contributed by atoms with E-state index in [2.05, 4.69) is 10.2 Å². The summed E-state index contributed by atoms with van der Waals surface area (Å²) in [6.45, 7) is 3.87. The predicted molar refractivity (Wildman–Crippen MR) is 61.8 cm³/mol. The van der Waals surface area contributed by atoms with Gasteiger partial charge in [0.05, 0.1) is 5.75 Å². The summed E-state index contributed by atoms with van der Waals surface area (Å²) in [6.07, 6.45) is -0.294. The minimum absolute atomic E-state index is 0.0808. The smallest absolute Gasteiger partial charge is 0.344 e. The van der Waals surface area contributed by atoms with Gasteiger partial charge >= 0.3 is 5.69 Å². The summed E-state index contributed by atoms with van der Waals surface area (Å²) in [5, 5.41) is 7.04. The quantitative estimate of drug-likeness (QED) is 0.596. The third-order valence-electron chi connectivity index (χ3n) is 2.06. The highest BCUT2D eigenvalue weighted by atomic mass is 32.2. The van der Waals surface area contributed by atoms with Gasteiger partial charge < -0.3 is 9.47 Å². The molecule has 0 unspecified atom stereocenters. The van der Waals surface area contributed by atoms with E-state index in [4.69, 9.17) is 9.47 Å². The van der Waals surface area contributed by atoms with Gasteiger partial charge in [0.25, 0.3) is 0 Å². The van der Waals surface area contributed by atoms with Gasteiger partial charge in [-0.15, -0.1) is 5.10 Å². The van der Waals surface area contributed by atoms with Crippen LogP contribution < -0.4 is 5.69 Å². The molecule has 7 heteroatoms. The average Bonchev–Trinajstić information content (AvgIpc) is 2.61. The van der Waals surface area contributed by atoms with Gasteiger partial charge in [-0.1, -0.05) is 11.8 Å². The molecule has 0 radical (unpaired) electrons. The molecule has 16 heavy (non-hydrogen) atoms. The van der Waals surface area contributed by atoms with Gasteiger partial charge in [-0.3, -0.25) is 4.57 Å². The summed E-state index contributed by atoms with van der Waals surface area (Å²) in [6, 6.07) is 0.0808. The van der Waals surface area contributed by atoms with Gasteiger partial charge in [-0.2, -0.15) is 0 Å². The fraction of sp³-hybridized carbons (Fsp3) is 0.778. The van der Waals surface area contributed by atoms with Crippen molar-refractivity contribution in [1.29, 1.82) is 0 Å². The Balaban J connectivity index is 2.70. The lowest BCUT2D eigenvalue weighted by atomic mass is 10.4. The molecule has 0 saturated carbocycles. The maximum absolute atomic E-state index is 11.4. The fourth-order valence-electron chi connectivity index (χ4n) is 1.22. The Kier molecular flexibility index (Phi) is 5.04. The van der Waals surface area contributed by atoms with Gasteiger partial charge in [0.2, 0.25) is 0 Å². The molecule has 0 bridgehead atoms. The third kappa shape index (κ3) is 3.10. The fourth-order valence-corrected chi connectivity index (χ4v) is 2.32. The second-order valence-electron chi connectivity index (χ2n) is 3.49. The van der Waals surface area contributed by atoms with E-state index in [-0.39, 0.29) is 18.0 Å². The number of nitrogens with zero attached hydrogens (tertiary/aromatic N) is 2. The lowest BCUT2D eigenvalue weighted by Gasteiger charge is -2.13. The normalized spacial score (nSPS) is 11.6. The van der Waals surface area contributed by atoms with Crippen LogP contribution in [0.4, 0.5) is 0 Å². The molecule has 6 nitrogen and oxygen atoms in total. The van der Waals surface area contributed by atoms with Crippen molar-refractivity contribution in [2.45, 2.75) is 31.3 Å². The molecule has 0 amide bonds. The first-order valence-electron chi connectivity index (χ1n) is 4.95. The van der Waals surface area contributed by atoms with Gasteiger partial charge in [0.1, 0.15) is 0 Å². The number of rotatable bonds is 6. The summed E-state index contributed by atoms with van der Waals surface area (Å²) in [4.78, 5) is 11.4. The van der Waals surface area contributed by atoms with E-state index >= 15 is 0 Å². The molecule has 0 spiro atoms. The lowest BCUT2D eigenvalue weighted by Crippen LogP contribution is -2.20. The van der Waals surface area contributed by atoms with E-state index in [0.29, 0.717) is 10.9 Å². The van der Waals surface area contributed by atoms with E-state index < -0.39 is 0 Å². The Morgan fingerprint density at radius 2 is 2.06 bits per heavy atom. The Morgan fingerprint density at radius 3 is 2.56 bits per heavy atom. The molecule has 0 aliphatic heterocycles. The maximum Gasteiger partial charge on any atom is 0.344 e. The van der Waals surface area contributed by atoms with Crippen molar-refractivity contribution in [3.63, 3.8) is 0 Å². The SMILES string of the molecule is COC(CSc1n[nH]c(=O)n1C(C)C)OC. The van der Waals surface area contributed by atoms with Crippen molar-refractivity contribution < 1.29 is 9.47 Å². The summed E-state index contributed by atoms with van der Waals surface area (Å²) in [5.74, 6) is 0.587. The van der Waals surface area contributed by atoms with E-state index in [9.17, 15) is 4.79 Å². The summed E-state index contributed by atoms with van der Waals surface area (Å²) >= 11 is 1.42. The lowest BCUT2D eigenvalue weighted by molar-refractivity contribution is -0.0842. The zero-order chi connectivity index (χ0) is 12.1. The molecule has 1 heterocycles. The molecule has 0 aromatic carbocycles. The van der Waals surface area contributed by atoms with Crippen molar-refractivity contribution in [2.75, 3.05) is 20.0 Å². The van der Waals surface area contributed by atoms with Crippen LogP contribution in [-0.2, 0) is 9.47 Å². The van der Waals surface area contributed by atoms with Gasteiger partial charge in [-0.05, 0) is 13.8 Å². The van der Waals surface area contributed by atoms with Crippen molar-refractivity contribution >= 4 is 11.8 Å². The van der Waals surface area contributed by atoms with Crippen LogP contribution in [0.2, 0.25) is 0 Å². The zero-order valence-electron chi connectivity index (χ0n) is 9.89. The van der Waals surface area contributed by atoms with Crippen LogP contribution in [0.5, 0.6) is 0 Å². The molecule has 0 aliphatic carbocycles. The molecule has 1 aromatic heterocycles. The number of ether oxygens (including phenoxy) is 2. The number of aromatic amines is 1. The van der Waals surface area contributed by atoms with Crippen LogP contribution in [0.1, 0.15) is 19.9 Å². The average molecular weight is 247 g/mol. The monoisotopic (exact) mass is 247 g/mol. The molecular weight excluding hydrogens is 230 g/mol. The Labute approximate surface area is 98.3 Å². The highest BCUT2D eigenvalue weighted by Gasteiger charge is 2.14. The molecule has 0 saturated heterocycles. The van der Waals surface area contributed by atoms with Crippen molar-refractivity contribution in [3.8, 4) is 0 Å². The van der Waals surface area contributed by atoms with Crippen LogP contribution in [0.3, 0.4) is 0 Å². The predicted octanol–water partition coefficient (Wildman–Crippen LogP) is 0.863. The summed E-state index contributed by atoms with van der Waals surface area (Å²) in [5.41, 5.74) is -0.191. The minimum atomic E-state index is -0.294. The molecule has 92 valence electrons. The Morgan fingerprint density at radius 1 is 1.44 bits per heavy atom. The molecule has 0 aliphatic rings. The second-order valence-corrected chi connectivity index (χ2v) is 4.47. The largest absolute Gasteiger partial charge is 0.355 e. The number of H-pyrrole nitrogens is 1. The molecule has 0 fully saturated rings. The first-order chi connectivity index (χ1) is 7.60. The molecule has 1 rings (SSSR count). The van der Waals surface area contributed by atoms with Gasteiger partial charge in [0.15, 0.2) is 11.4 Å². The van der Waals surface area contributed by atoms with E-state index in [1.165, 1.54) is 11.8 Å². The third-order valence-corrected chi connectivity index (χ3v) is 3.05. The molecule has 1 aromatic rings. The van der Waals surface area contributed by atoms with Crippen molar-refractivity contribution in [2.24, 2.45) is 0 Å². The summed E-state index contributed by atoms with van der Waals surface area (Å²) < 4.78 is 11.7. The maximum atomic E-state index is 11.4. The highest BCUT2D eigenvalue weighted by molar-refractivity contribution is 7.99. The minimum Gasteiger partial charge on any atom is -0.355 e. The topological polar surface area (TPSA) is 69.1 Å². The van der Waals surface area contributed by atoms with Gasteiger partial charge in [-0.25, -0.2) is 9.89 Å². The number of methoxy groups -OCH3 is 2.